The first-order valence-electron chi connectivity index (χ1n) is 4.31. The lowest BCUT2D eigenvalue weighted by molar-refractivity contribution is 0.628. The van der Waals surface area contributed by atoms with E-state index >= 15 is 0 Å². The van der Waals surface area contributed by atoms with Gasteiger partial charge in [-0.2, -0.15) is 0 Å². The van der Waals surface area contributed by atoms with Crippen LogP contribution in [-0.2, 0) is 0 Å². The van der Waals surface area contributed by atoms with Crippen LogP contribution in [0.15, 0.2) is 29.3 Å². The van der Waals surface area contributed by atoms with Crippen molar-refractivity contribution in [1.29, 1.82) is 0 Å². The number of nitrogens with zero attached hydrogens (tertiary/aromatic N) is 1. The zero-order chi connectivity index (χ0) is 9.68. The number of nitrogens with two attached hydrogens (primary N) is 1. The summed E-state index contributed by atoms with van der Waals surface area (Å²) in [5, 5.41) is 0. The molecule has 0 saturated carbocycles. The predicted molar refractivity (Wildman–Crippen MR) is 52.6 cm³/mol. The van der Waals surface area contributed by atoms with Crippen LogP contribution in [0.3, 0.4) is 0 Å². The molecular weight excluding hydrogens is 167 g/mol. The summed E-state index contributed by atoms with van der Waals surface area (Å²) < 4.78 is 12.7. The Kier molecular flexibility index (Phi) is 3.43. The minimum Gasteiger partial charge on any atom is -0.387 e. The summed E-state index contributed by atoms with van der Waals surface area (Å²) in [6.45, 7) is 2.02. The van der Waals surface area contributed by atoms with Crippen LogP contribution >= 0.6 is 0 Å². The first kappa shape index (κ1) is 9.71. The van der Waals surface area contributed by atoms with Crippen molar-refractivity contribution in [1.82, 2.24) is 0 Å². The van der Waals surface area contributed by atoms with Crippen LogP contribution in [0.1, 0.15) is 19.8 Å². The molecule has 0 bridgehead atoms. The number of amidine groups is 1. The maximum absolute atomic E-state index is 12.7. The lowest BCUT2D eigenvalue weighted by Crippen LogP contribution is -2.09. The van der Waals surface area contributed by atoms with E-state index in [4.69, 9.17) is 5.73 Å². The number of hydrogen-bond acceptors (Lipinski definition) is 1. The molecule has 0 heterocycles. The molecule has 1 aromatic carbocycles. The third-order valence-corrected chi connectivity index (χ3v) is 1.59. The highest BCUT2D eigenvalue weighted by molar-refractivity contribution is 5.82. The van der Waals surface area contributed by atoms with E-state index in [-0.39, 0.29) is 5.82 Å². The lowest BCUT2D eigenvalue weighted by Gasteiger charge is -1.97. The molecule has 0 fully saturated rings. The minimum atomic E-state index is -0.287. The van der Waals surface area contributed by atoms with Crippen LogP contribution in [0.5, 0.6) is 0 Å². The van der Waals surface area contributed by atoms with Crippen molar-refractivity contribution >= 4 is 11.5 Å². The summed E-state index contributed by atoms with van der Waals surface area (Å²) in [7, 11) is 0. The molecule has 2 N–H and O–H groups in total. The van der Waals surface area contributed by atoms with Crippen LogP contribution in [0, 0.1) is 5.82 Å². The summed E-state index contributed by atoms with van der Waals surface area (Å²) in [4.78, 5) is 4.06. The number of aliphatic imine (C=N–C) groups is 1. The molecule has 2 nitrogen and oxygen atoms in total. The maximum Gasteiger partial charge on any atom is 0.125 e. The third kappa shape index (κ3) is 3.23. The molecule has 70 valence electrons. The molecule has 1 aromatic rings. The van der Waals surface area contributed by atoms with E-state index in [1.165, 1.54) is 12.1 Å². The fourth-order valence-electron chi connectivity index (χ4n) is 1.02. The molecule has 0 spiro atoms. The highest BCUT2D eigenvalue weighted by atomic mass is 19.1. The van der Waals surface area contributed by atoms with E-state index in [2.05, 4.69) is 4.99 Å². The van der Waals surface area contributed by atoms with Crippen molar-refractivity contribution in [2.24, 2.45) is 10.7 Å². The lowest BCUT2D eigenvalue weighted by atomic mass is 10.3. The molecule has 13 heavy (non-hydrogen) atoms. The molecule has 0 saturated heterocycles. The van der Waals surface area contributed by atoms with Gasteiger partial charge in [-0.15, -0.1) is 0 Å². The Morgan fingerprint density at radius 2 is 2.31 bits per heavy atom. The molecule has 0 aliphatic carbocycles. The van der Waals surface area contributed by atoms with Gasteiger partial charge in [0.1, 0.15) is 5.82 Å². The highest BCUT2D eigenvalue weighted by Crippen LogP contribution is 2.13. The zero-order valence-corrected chi connectivity index (χ0v) is 7.63. The molecule has 0 radical (unpaired) electrons. The summed E-state index contributed by atoms with van der Waals surface area (Å²) >= 11 is 0. The second kappa shape index (κ2) is 4.60. The van der Waals surface area contributed by atoms with E-state index in [0.717, 1.165) is 12.8 Å². The van der Waals surface area contributed by atoms with Gasteiger partial charge in [0.15, 0.2) is 0 Å². The topological polar surface area (TPSA) is 38.4 Å². The van der Waals surface area contributed by atoms with Crippen molar-refractivity contribution in [3.63, 3.8) is 0 Å². The van der Waals surface area contributed by atoms with Crippen LogP contribution in [0.25, 0.3) is 0 Å². The number of benzene rings is 1. The fourth-order valence-corrected chi connectivity index (χ4v) is 1.02. The third-order valence-electron chi connectivity index (χ3n) is 1.59. The predicted octanol–water partition coefficient (Wildman–Crippen LogP) is 2.61. The Bertz CT molecular complexity index is 308. The SMILES string of the molecule is CCCC(N)=Nc1cccc(F)c1. The van der Waals surface area contributed by atoms with Gasteiger partial charge in [-0.05, 0) is 24.6 Å². The van der Waals surface area contributed by atoms with Crippen LogP contribution in [-0.4, -0.2) is 5.84 Å². The molecule has 0 atom stereocenters. The van der Waals surface area contributed by atoms with E-state index in [1.807, 2.05) is 6.92 Å². The van der Waals surface area contributed by atoms with Crippen molar-refractivity contribution in [2.75, 3.05) is 0 Å². The van der Waals surface area contributed by atoms with Gasteiger partial charge < -0.3 is 5.73 Å². The van der Waals surface area contributed by atoms with Gasteiger partial charge >= 0.3 is 0 Å². The average Bonchev–Trinajstić information content (AvgIpc) is 2.04. The van der Waals surface area contributed by atoms with Gasteiger partial charge in [-0.1, -0.05) is 13.0 Å². The Morgan fingerprint density at radius 1 is 1.54 bits per heavy atom. The Hall–Kier alpha value is -1.38. The molecule has 0 unspecified atom stereocenters. The largest absolute Gasteiger partial charge is 0.387 e. The number of halogens is 1. The summed E-state index contributed by atoms with van der Waals surface area (Å²) in [5.41, 5.74) is 6.17. The maximum atomic E-state index is 12.7. The summed E-state index contributed by atoms with van der Waals surface area (Å²) in [6, 6.07) is 6.09. The molecule has 1 rings (SSSR count). The highest BCUT2D eigenvalue weighted by Gasteiger charge is 1.94. The molecule has 0 amide bonds. The molecule has 0 aromatic heterocycles. The van der Waals surface area contributed by atoms with Crippen molar-refractivity contribution in [3.05, 3.63) is 30.1 Å². The minimum absolute atomic E-state index is 0.287. The van der Waals surface area contributed by atoms with Crippen molar-refractivity contribution < 1.29 is 4.39 Å². The molecule has 0 aliphatic heterocycles. The van der Waals surface area contributed by atoms with Gasteiger partial charge in [0.2, 0.25) is 0 Å². The standard InChI is InChI=1S/C10H13FN2/c1-2-4-10(12)13-9-6-3-5-8(11)7-9/h3,5-7H,2,4H2,1H3,(H2,12,13). The van der Waals surface area contributed by atoms with Gasteiger partial charge in [0.05, 0.1) is 11.5 Å². The second-order valence-corrected chi connectivity index (χ2v) is 2.83. The van der Waals surface area contributed by atoms with E-state index in [9.17, 15) is 4.39 Å². The van der Waals surface area contributed by atoms with Gasteiger partial charge in [-0.3, -0.25) is 0 Å². The molecule has 3 heteroatoms. The molecular formula is C10H13FN2. The van der Waals surface area contributed by atoms with Crippen LogP contribution in [0.2, 0.25) is 0 Å². The Morgan fingerprint density at radius 3 is 2.92 bits per heavy atom. The van der Waals surface area contributed by atoms with Gasteiger partial charge in [0.25, 0.3) is 0 Å². The van der Waals surface area contributed by atoms with E-state index < -0.39 is 0 Å². The fraction of sp³-hybridized carbons (Fsp3) is 0.300. The first-order chi connectivity index (χ1) is 6.22. The van der Waals surface area contributed by atoms with Gasteiger partial charge in [0, 0.05) is 6.42 Å². The quantitative estimate of drug-likeness (QED) is 0.563. The summed E-state index contributed by atoms with van der Waals surface area (Å²) in [6.07, 6.45) is 1.70. The molecule has 0 aliphatic rings. The van der Waals surface area contributed by atoms with E-state index in [1.54, 1.807) is 12.1 Å². The van der Waals surface area contributed by atoms with Crippen LogP contribution in [0.4, 0.5) is 10.1 Å². The van der Waals surface area contributed by atoms with Crippen molar-refractivity contribution in [2.45, 2.75) is 19.8 Å². The van der Waals surface area contributed by atoms with Crippen molar-refractivity contribution in [3.8, 4) is 0 Å². The number of hydrogen-bond donors (Lipinski definition) is 1. The first-order valence-corrected chi connectivity index (χ1v) is 4.31. The Balaban J connectivity index is 2.78. The average molecular weight is 180 g/mol. The summed E-state index contributed by atoms with van der Waals surface area (Å²) in [5.74, 6) is 0.263. The zero-order valence-electron chi connectivity index (χ0n) is 7.63. The van der Waals surface area contributed by atoms with E-state index in [0.29, 0.717) is 11.5 Å². The second-order valence-electron chi connectivity index (χ2n) is 2.83. The van der Waals surface area contributed by atoms with Crippen LogP contribution < -0.4 is 5.73 Å². The normalized spacial score (nSPS) is 11.7. The number of rotatable bonds is 3. The smallest absolute Gasteiger partial charge is 0.125 e. The Labute approximate surface area is 77.3 Å². The monoisotopic (exact) mass is 180 g/mol. The van der Waals surface area contributed by atoms with Gasteiger partial charge in [-0.25, -0.2) is 9.38 Å².